The van der Waals surface area contributed by atoms with E-state index in [1.165, 1.54) is 0 Å². The molecule has 2 N–H and O–H groups in total. The highest BCUT2D eigenvalue weighted by Gasteiger charge is 2.25. The number of rotatable bonds is 3. The molecule has 0 bridgehead atoms. The molecule has 1 aliphatic carbocycles. The van der Waals surface area contributed by atoms with E-state index < -0.39 is 5.60 Å². The van der Waals surface area contributed by atoms with Crippen LogP contribution in [0, 0.1) is 0 Å². The average molecular weight is 291 g/mol. The summed E-state index contributed by atoms with van der Waals surface area (Å²) in [6, 6.07) is 0.293. The number of alkyl carbamates (subject to hydrolysis) is 1. The summed E-state index contributed by atoms with van der Waals surface area (Å²) in [6.45, 7) is 5.52. The third-order valence-corrected chi connectivity index (χ3v) is 3.18. The van der Waals surface area contributed by atoms with Gasteiger partial charge >= 0.3 is 6.09 Å². The van der Waals surface area contributed by atoms with E-state index in [1.807, 2.05) is 20.8 Å². The molecule has 0 aromatic heterocycles. The Labute approximate surface area is 119 Å². The lowest BCUT2D eigenvalue weighted by Crippen LogP contribution is -2.45. The van der Waals surface area contributed by atoms with Crippen LogP contribution in [0.25, 0.3) is 0 Å². The second kappa shape index (κ2) is 6.98. The summed E-state index contributed by atoms with van der Waals surface area (Å²) in [7, 11) is 0. The Kier molecular flexibility index (Phi) is 5.91. The van der Waals surface area contributed by atoms with Crippen molar-refractivity contribution in [1.82, 2.24) is 10.6 Å². The Balaban J connectivity index is 2.26. The number of halogens is 1. The lowest BCUT2D eigenvalue weighted by molar-refractivity contribution is -0.119. The van der Waals surface area contributed by atoms with Crippen LogP contribution in [-0.2, 0) is 9.53 Å². The number of ether oxygens (including phenoxy) is 1. The van der Waals surface area contributed by atoms with Gasteiger partial charge in [0.1, 0.15) is 11.5 Å². The van der Waals surface area contributed by atoms with Gasteiger partial charge in [-0.2, -0.15) is 0 Å². The zero-order valence-electron chi connectivity index (χ0n) is 11.8. The highest BCUT2D eigenvalue weighted by molar-refractivity contribution is 6.27. The third-order valence-electron chi connectivity index (χ3n) is 2.93. The molecule has 1 saturated carbocycles. The molecule has 0 aromatic carbocycles. The Morgan fingerprint density at radius 1 is 1.11 bits per heavy atom. The summed E-state index contributed by atoms with van der Waals surface area (Å²) in [5, 5.41) is 5.73. The normalized spacial score (nSPS) is 23.6. The highest BCUT2D eigenvalue weighted by Crippen LogP contribution is 2.19. The first-order valence-electron chi connectivity index (χ1n) is 6.65. The molecule has 0 spiro atoms. The molecule has 0 aliphatic heterocycles. The number of amides is 2. The molecular formula is C13H23ClN2O3. The maximum atomic E-state index is 11.6. The molecule has 2 amide bonds. The van der Waals surface area contributed by atoms with Crippen molar-refractivity contribution in [1.29, 1.82) is 0 Å². The standard InChI is InChI=1S/C13H23ClN2O3/c1-13(2,3)19-12(18)16-10-6-4-9(5-7-10)15-11(17)8-14/h9-10H,4-8H2,1-3H3,(H,15,17)(H,16,18). The van der Waals surface area contributed by atoms with E-state index >= 15 is 0 Å². The molecule has 0 atom stereocenters. The summed E-state index contributed by atoms with van der Waals surface area (Å²) >= 11 is 5.44. The topological polar surface area (TPSA) is 67.4 Å². The number of hydrogen-bond donors (Lipinski definition) is 2. The Hall–Kier alpha value is -0.970. The van der Waals surface area contributed by atoms with Crippen LogP contribution in [0.1, 0.15) is 46.5 Å². The van der Waals surface area contributed by atoms with Crippen molar-refractivity contribution < 1.29 is 14.3 Å². The molecule has 0 aromatic rings. The molecule has 5 nitrogen and oxygen atoms in total. The van der Waals surface area contributed by atoms with Crippen LogP contribution in [0.4, 0.5) is 4.79 Å². The first-order chi connectivity index (χ1) is 8.80. The van der Waals surface area contributed by atoms with Gasteiger partial charge in [0, 0.05) is 12.1 Å². The summed E-state index contributed by atoms with van der Waals surface area (Å²) in [5.41, 5.74) is -0.477. The molecule has 1 aliphatic rings. The predicted molar refractivity (Wildman–Crippen MR) is 74.3 cm³/mol. The molecule has 0 radical (unpaired) electrons. The van der Waals surface area contributed by atoms with Gasteiger partial charge in [0.05, 0.1) is 0 Å². The van der Waals surface area contributed by atoms with Crippen LogP contribution < -0.4 is 10.6 Å². The largest absolute Gasteiger partial charge is 0.444 e. The second-order valence-electron chi connectivity index (χ2n) is 5.90. The van der Waals surface area contributed by atoms with Crippen LogP contribution in [0.15, 0.2) is 0 Å². The predicted octanol–water partition coefficient (Wildman–Crippen LogP) is 2.18. The van der Waals surface area contributed by atoms with Crippen LogP contribution >= 0.6 is 11.6 Å². The fraction of sp³-hybridized carbons (Fsp3) is 0.846. The fourth-order valence-electron chi connectivity index (χ4n) is 2.12. The fourth-order valence-corrected chi connectivity index (χ4v) is 2.20. The van der Waals surface area contributed by atoms with Gasteiger partial charge < -0.3 is 15.4 Å². The minimum atomic E-state index is -0.477. The lowest BCUT2D eigenvalue weighted by Gasteiger charge is -2.30. The van der Waals surface area contributed by atoms with E-state index in [0.717, 1.165) is 25.7 Å². The summed E-state index contributed by atoms with van der Waals surface area (Å²) in [5.74, 6) is -0.138. The SMILES string of the molecule is CC(C)(C)OC(=O)NC1CCC(NC(=O)CCl)CC1. The lowest BCUT2D eigenvalue weighted by atomic mass is 9.91. The molecule has 6 heteroatoms. The van der Waals surface area contributed by atoms with Crippen molar-refractivity contribution >= 4 is 23.6 Å². The molecule has 0 heterocycles. The van der Waals surface area contributed by atoms with Gasteiger partial charge in [-0.05, 0) is 46.5 Å². The number of hydrogen-bond acceptors (Lipinski definition) is 3. The maximum Gasteiger partial charge on any atom is 0.407 e. The van der Waals surface area contributed by atoms with E-state index in [4.69, 9.17) is 16.3 Å². The highest BCUT2D eigenvalue weighted by atomic mass is 35.5. The third kappa shape index (κ3) is 6.66. The first kappa shape index (κ1) is 16.1. The molecule has 1 fully saturated rings. The molecule has 0 saturated heterocycles. The van der Waals surface area contributed by atoms with E-state index in [2.05, 4.69) is 10.6 Å². The monoisotopic (exact) mass is 290 g/mol. The van der Waals surface area contributed by atoms with Gasteiger partial charge in [0.2, 0.25) is 5.91 Å². The summed E-state index contributed by atoms with van der Waals surface area (Å²) < 4.78 is 5.21. The van der Waals surface area contributed by atoms with Crippen molar-refractivity contribution in [3.63, 3.8) is 0 Å². The quantitative estimate of drug-likeness (QED) is 0.783. The Morgan fingerprint density at radius 3 is 2.00 bits per heavy atom. The van der Waals surface area contributed by atoms with Crippen molar-refractivity contribution in [3.05, 3.63) is 0 Å². The first-order valence-corrected chi connectivity index (χ1v) is 7.18. The number of carbonyl (C=O) groups is 2. The molecule has 0 unspecified atom stereocenters. The smallest absolute Gasteiger partial charge is 0.407 e. The van der Waals surface area contributed by atoms with Crippen molar-refractivity contribution in [2.75, 3.05) is 5.88 Å². The van der Waals surface area contributed by atoms with E-state index in [1.54, 1.807) is 0 Å². The van der Waals surface area contributed by atoms with Crippen molar-refractivity contribution in [2.24, 2.45) is 0 Å². The zero-order chi connectivity index (χ0) is 14.5. The van der Waals surface area contributed by atoms with E-state index in [9.17, 15) is 9.59 Å². The second-order valence-corrected chi connectivity index (χ2v) is 6.16. The molecular weight excluding hydrogens is 268 g/mol. The van der Waals surface area contributed by atoms with Gasteiger partial charge in [0.15, 0.2) is 0 Å². The van der Waals surface area contributed by atoms with Gasteiger partial charge in [-0.15, -0.1) is 11.6 Å². The van der Waals surface area contributed by atoms with Crippen LogP contribution in [0.2, 0.25) is 0 Å². The van der Waals surface area contributed by atoms with Gasteiger partial charge in [-0.1, -0.05) is 0 Å². The van der Waals surface area contributed by atoms with Gasteiger partial charge in [0.25, 0.3) is 0 Å². The number of nitrogens with one attached hydrogen (secondary N) is 2. The van der Waals surface area contributed by atoms with Crippen LogP contribution in [0.5, 0.6) is 0 Å². The number of alkyl halides is 1. The average Bonchev–Trinajstić information content (AvgIpc) is 2.29. The van der Waals surface area contributed by atoms with Crippen molar-refractivity contribution in [3.8, 4) is 0 Å². The molecule has 19 heavy (non-hydrogen) atoms. The Morgan fingerprint density at radius 2 is 1.58 bits per heavy atom. The maximum absolute atomic E-state index is 11.6. The van der Waals surface area contributed by atoms with E-state index in [0.29, 0.717) is 0 Å². The van der Waals surface area contributed by atoms with E-state index in [-0.39, 0.29) is 30.0 Å². The van der Waals surface area contributed by atoms with Gasteiger partial charge in [-0.25, -0.2) is 4.79 Å². The minimum Gasteiger partial charge on any atom is -0.444 e. The molecule has 1 rings (SSSR count). The van der Waals surface area contributed by atoms with Gasteiger partial charge in [-0.3, -0.25) is 4.79 Å². The zero-order valence-corrected chi connectivity index (χ0v) is 12.5. The summed E-state index contributed by atoms with van der Waals surface area (Å²) in [4.78, 5) is 22.8. The Bertz CT molecular complexity index is 320. The van der Waals surface area contributed by atoms with Crippen LogP contribution in [-0.4, -0.2) is 35.6 Å². The van der Waals surface area contributed by atoms with Crippen molar-refractivity contribution in [2.45, 2.75) is 64.1 Å². The molecule has 110 valence electrons. The minimum absolute atomic E-state index is 0.00388. The van der Waals surface area contributed by atoms with Crippen LogP contribution in [0.3, 0.4) is 0 Å². The number of carbonyl (C=O) groups excluding carboxylic acids is 2. The summed E-state index contributed by atoms with van der Waals surface area (Å²) in [6.07, 6.45) is 3.01.